The van der Waals surface area contributed by atoms with E-state index in [9.17, 15) is 4.39 Å². The molecule has 0 aromatic carbocycles. The van der Waals surface area contributed by atoms with Crippen LogP contribution in [0.15, 0.2) is 17.0 Å². The van der Waals surface area contributed by atoms with E-state index in [4.69, 9.17) is 0 Å². The predicted molar refractivity (Wildman–Crippen MR) is 46.3 cm³/mol. The van der Waals surface area contributed by atoms with Crippen molar-refractivity contribution in [3.8, 4) is 0 Å². The molecule has 4 nitrogen and oxygen atoms in total. The number of guanidine groups is 1. The Morgan fingerprint density at radius 3 is 2.75 bits per heavy atom. The largest absolute Gasteiger partial charge is 0.334 e. The molecule has 68 valence electrons. The van der Waals surface area contributed by atoms with Crippen LogP contribution in [-0.4, -0.2) is 38.2 Å². The van der Waals surface area contributed by atoms with Gasteiger partial charge in [0, 0.05) is 13.2 Å². The second-order valence-corrected chi connectivity index (χ2v) is 2.76. The molecule has 0 aromatic heterocycles. The van der Waals surface area contributed by atoms with Gasteiger partial charge in [-0.15, -0.1) is 0 Å². The zero-order valence-electron chi connectivity index (χ0n) is 7.43. The van der Waals surface area contributed by atoms with E-state index in [1.807, 2.05) is 0 Å². The first kappa shape index (κ1) is 8.99. The SMILES string of the molecule is CN=C1NC=C(F)C(N(C)C)N1. The average Bonchev–Trinajstić information content (AvgIpc) is 2.05. The lowest BCUT2D eigenvalue weighted by atomic mass is 10.3. The molecule has 0 amide bonds. The van der Waals surface area contributed by atoms with E-state index >= 15 is 0 Å². The van der Waals surface area contributed by atoms with Crippen LogP contribution in [0.1, 0.15) is 0 Å². The summed E-state index contributed by atoms with van der Waals surface area (Å²) in [5.41, 5.74) is 0. The lowest BCUT2D eigenvalue weighted by molar-refractivity contribution is 0.267. The number of nitrogens with zero attached hydrogens (tertiary/aromatic N) is 2. The van der Waals surface area contributed by atoms with Gasteiger partial charge in [0.1, 0.15) is 6.17 Å². The van der Waals surface area contributed by atoms with Crippen LogP contribution in [0.2, 0.25) is 0 Å². The zero-order chi connectivity index (χ0) is 9.14. The van der Waals surface area contributed by atoms with Gasteiger partial charge in [0.2, 0.25) is 0 Å². The van der Waals surface area contributed by atoms with Crippen molar-refractivity contribution in [3.63, 3.8) is 0 Å². The molecule has 1 atom stereocenters. The summed E-state index contributed by atoms with van der Waals surface area (Å²) in [6, 6.07) is 0. The van der Waals surface area contributed by atoms with Gasteiger partial charge in [-0.1, -0.05) is 0 Å². The Hall–Kier alpha value is -1.10. The third-order valence-electron chi connectivity index (χ3n) is 1.62. The standard InChI is InChI=1S/C7H13FN4/c1-9-7-10-4-5(8)6(11-7)12(2)3/h4,6H,1-3H3,(H2,9,10,11). The summed E-state index contributed by atoms with van der Waals surface area (Å²) in [4.78, 5) is 5.61. The Labute approximate surface area is 71.2 Å². The summed E-state index contributed by atoms with van der Waals surface area (Å²) in [6.45, 7) is 0. The van der Waals surface area contributed by atoms with Gasteiger partial charge in [-0.2, -0.15) is 0 Å². The maximum absolute atomic E-state index is 13.0. The van der Waals surface area contributed by atoms with Crippen LogP contribution in [0.3, 0.4) is 0 Å². The maximum atomic E-state index is 13.0. The van der Waals surface area contributed by atoms with Crippen molar-refractivity contribution >= 4 is 5.96 Å². The van der Waals surface area contributed by atoms with Gasteiger partial charge < -0.3 is 10.6 Å². The van der Waals surface area contributed by atoms with Crippen LogP contribution in [-0.2, 0) is 0 Å². The number of aliphatic imine (C=N–C) groups is 1. The van der Waals surface area contributed by atoms with E-state index in [0.717, 1.165) is 0 Å². The fraction of sp³-hybridized carbons (Fsp3) is 0.571. The van der Waals surface area contributed by atoms with E-state index in [0.29, 0.717) is 5.96 Å². The second kappa shape index (κ2) is 3.53. The van der Waals surface area contributed by atoms with Gasteiger partial charge in [-0.05, 0) is 14.1 Å². The molecule has 1 rings (SSSR count). The molecular weight excluding hydrogens is 159 g/mol. The number of rotatable bonds is 1. The fourth-order valence-electron chi connectivity index (χ4n) is 0.961. The van der Waals surface area contributed by atoms with Gasteiger partial charge in [0.15, 0.2) is 11.8 Å². The van der Waals surface area contributed by atoms with E-state index in [-0.39, 0.29) is 5.83 Å². The van der Waals surface area contributed by atoms with Gasteiger partial charge >= 0.3 is 0 Å². The fourth-order valence-corrected chi connectivity index (χ4v) is 0.961. The molecule has 0 spiro atoms. The highest BCUT2D eigenvalue weighted by molar-refractivity contribution is 5.82. The minimum absolute atomic E-state index is 0.243. The van der Waals surface area contributed by atoms with Gasteiger partial charge in [0.05, 0.1) is 0 Å². The molecule has 1 heterocycles. The molecule has 2 N–H and O–H groups in total. The average molecular weight is 172 g/mol. The smallest absolute Gasteiger partial charge is 0.196 e. The van der Waals surface area contributed by atoms with Gasteiger partial charge in [-0.3, -0.25) is 9.89 Å². The number of hydrogen-bond acceptors (Lipinski definition) is 2. The monoisotopic (exact) mass is 172 g/mol. The highest BCUT2D eigenvalue weighted by Gasteiger charge is 2.21. The highest BCUT2D eigenvalue weighted by Crippen LogP contribution is 2.07. The molecule has 0 fully saturated rings. The van der Waals surface area contributed by atoms with Gasteiger partial charge in [0.25, 0.3) is 0 Å². The van der Waals surface area contributed by atoms with E-state index in [1.165, 1.54) is 6.20 Å². The lowest BCUT2D eigenvalue weighted by Crippen LogP contribution is -2.52. The number of nitrogens with one attached hydrogen (secondary N) is 2. The summed E-state index contributed by atoms with van der Waals surface area (Å²) in [5.74, 6) is 0.336. The summed E-state index contributed by atoms with van der Waals surface area (Å²) >= 11 is 0. The minimum atomic E-state index is -0.412. The quantitative estimate of drug-likeness (QED) is 0.578. The third-order valence-corrected chi connectivity index (χ3v) is 1.62. The highest BCUT2D eigenvalue weighted by atomic mass is 19.1. The summed E-state index contributed by atoms with van der Waals surface area (Å²) in [6.07, 6.45) is 0.897. The van der Waals surface area contributed by atoms with Crippen LogP contribution >= 0.6 is 0 Å². The second-order valence-electron chi connectivity index (χ2n) is 2.76. The first-order valence-corrected chi connectivity index (χ1v) is 3.67. The molecule has 0 saturated heterocycles. The van der Waals surface area contributed by atoms with Crippen molar-refractivity contribution in [2.24, 2.45) is 4.99 Å². The third kappa shape index (κ3) is 1.73. The molecule has 12 heavy (non-hydrogen) atoms. The topological polar surface area (TPSA) is 39.7 Å². The summed E-state index contributed by atoms with van der Waals surface area (Å²) < 4.78 is 13.0. The Kier molecular flexibility index (Phi) is 2.65. The van der Waals surface area contributed by atoms with Crippen molar-refractivity contribution in [1.82, 2.24) is 15.5 Å². The molecule has 0 bridgehead atoms. The summed E-state index contributed by atoms with van der Waals surface area (Å²) in [7, 11) is 5.23. The number of likely N-dealkylation sites (N-methyl/N-ethyl adjacent to an activating group) is 1. The maximum Gasteiger partial charge on any atom is 0.196 e. The molecule has 0 aromatic rings. The molecule has 0 aliphatic carbocycles. The van der Waals surface area contributed by atoms with Crippen molar-refractivity contribution in [1.29, 1.82) is 0 Å². The van der Waals surface area contributed by atoms with Crippen molar-refractivity contribution in [2.45, 2.75) is 6.17 Å². The van der Waals surface area contributed by atoms with E-state index in [1.54, 1.807) is 26.0 Å². The molecule has 1 unspecified atom stereocenters. The van der Waals surface area contributed by atoms with E-state index in [2.05, 4.69) is 15.6 Å². The van der Waals surface area contributed by atoms with Crippen LogP contribution in [0, 0.1) is 0 Å². The molecule has 1 aliphatic heterocycles. The van der Waals surface area contributed by atoms with Gasteiger partial charge in [-0.25, -0.2) is 4.39 Å². The Balaban J connectivity index is 2.75. The van der Waals surface area contributed by atoms with E-state index < -0.39 is 6.17 Å². The zero-order valence-corrected chi connectivity index (χ0v) is 7.43. The lowest BCUT2D eigenvalue weighted by Gasteiger charge is -2.28. The molecule has 0 saturated carbocycles. The van der Waals surface area contributed by atoms with Crippen molar-refractivity contribution in [2.75, 3.05) is 21.1 Å². The normalized spacial score (nSPS) is 26.6. The summed E-state index contributed by atoms with van der Waals surface area (Å²) in [5, 5.41) is 5.55. The van der Waals surface area contributed by atoms with Crippen molar-refractivity contribution in [3.05, 3.63) is 12.0 Å². The van der Waals surface area contributed by atoms with Crippen LogP contribution in [0.5, 0.6) is 0 Å². The van der Waals surface area contributed by atoms with Crippen LogP contribution < -0.4 is 10.6 Å². The molecule has 0 radical (unpaired) electrons. The Morgan fingerprint density at radius 1 is 1.58 bits per heavy atom. The number of hydrogen-bond donors (Lipinski definition) is 2. The molecule has 1 aliphatic rings. The Bertz CT molecular complexity index is 221. The number of halogens is 1. The van der Waals surface area contributed by atoms with Crippen LogP contribution in [0.25, 0.3) is 0 Å². The molecule has 5 heteroatoms. The molecular formula is C7H13FN4. The van der Waals surface area contributed by atoms with Crippen molar-refractivity contribution < 1.29 is 4.39 Å². The Morgan fingerprint density at radius 2 is 2.25 bits per heavy atom. The first-order chi connectivity index (χ1) is 5.65. The minimum Gasteiger partial charge on any atom is -0.334 e. The van der Waals surface area contributed by atoms with Crippen LogP contribution in [0.4, 0.5) is 4.39 Å². The predicted octanol–water partition coefficient (Wildman–Crippen LogP) is -0.136. The first-order valence-electron chi connectivity index (χ1n) is 3.67.